The van der Waals surface area contributed by atoms with Crippen LogP contribution in [-0.2, 0) is 19.7 Å². The summed E-state index contributed by atoms with van der Waals surface area (Å²) in [5.74, 6) is -0.396. The Morgan fingerprint density at radius 2 is 1.24 bits per heavy atom. The van der Waals surface area contributed by atoms with Crippen LogP contribution in [0.5, 0.6) is 0 Å². The van der Waals surface area contributed by atoms with E-state index in [4.69, 9.17) is 4.74 Å². The van der Waals surface area contributed by atoms with Gasteiger partial charge in [0.25, 0.3) is 0 Å². The molecular formula is C30H33NO3. The fourth-order valence-corrected chi connectivity index (χ4v) is 5.40. The maximum atomic E-state index is 13.7. The van der Waals surface area contributed by atoms with Gasteiger partial charge in [-0.2, -0.15) is 0 Å². The first kappa shape index (κ1) is 23.7. The summed E-state index contributed by atoms with van der Waals surface area (Å²) < 4.78 is 5.10. The molecule has 3 aromatic rings. The van der Waals surface area contributed by atoms with E-state index < -0.39 is 11.5 Å². The van der Waals surface area contributed by atoms with Crippen molar-refractivity contribution < 1.29 is 14.3 Å². The van der Waals surface area contributed by atoms with Gasteiger partial charge in [0, 0.05) is 6.42 Å². The first-order valence-corrected chi connectivity index (χ1v) is 12.2. The normalized spacial score (nSPS) is 15.3. The molecule has 1 amide bonds. The number of hydrogen-bond donors (Lipinski definition) is 1. The monoisotopic (exact) mass is 455 g/mol. The molecule has 0 aliphatic heterocycles. The molecule has 0 radical (unpaired) electrons. The molecule has 176 valence electrons. The van der Waals surface area contributed by atoms with Crippen LogP contribution in [-0.4, -0.2) is 25.0 Å². The Labute approximate surface area is 202 Å². The van der Waals surface area contributed by atoms with Crippen LogP contribution in [0.25, 0.3) is 0 Å². The van der Waals surface area contributed by atoms with E-state index in [1.807, 2.05) is 54.6 Å². The molecule has 1 N–H and O–H groups in total. The van der Waals surface area contributed by atoms with E-state index in [0.29, 0.717) is 0 Å². The van der Waals surface area contributed by atoms with Gasteiger partial charge in [-0.1, -0.05) is 110 Å². The summed E-state index contributed by atoms with van der Waals surface area (Å²) in [6.45, 7) is 0. The Morgan fingerprint density at radius 3 is 1.65 bits per heavy atom. The van der Waals surface area contributed by atoms with Crippen molar-refractivity contribution in [3.63, 3.8) is 0 Å². The zero-order chi connectivity index (χ0) is 23.8. The van der Waals surface area contributed by atoms with Crippen LogP contribution in [0.1, 0.15) is 55.2 Å². The van der Waals surface area contributed by atoms with Gasteiger partial charge in [-0.3, -0.25) is 4.79 Å². The first-order chi connectivity index (χ1) is 16.6. The van der Waals surface area contributed by atoms with Gasteiger partial charge in [0.1, 0.15) is 6.04 Å². The van der Waals surface area contributed by atoms with Crippen molar-refractivity contribution in [2.45, 2.75) is 50.0 Å². The Morgan fingerprint density at radius 1 is 0.794 bits per heavy atom. The fourth-order valence-electron chi connectivity index (χ4n) is 5.40. The maximum Gasteiger partial charge on any atom is 0.328 e. The van der Waals surface area contributed by atoms with E-state index in [1.165, 1.54) is 13.5 Å². The van der Waals surface area contributed by atoms with Crippen molar-refractivity contribution in [1.29, 1.82) is 0 Å². The molecule has 1 saturated carbocycles. The molecule has 1 fully saturated rings. The van der Waals surface area contributed by atoms with E-state index in [1.54, 1.807) is 0 Å². The van der Waals surface area contributed by atoms with Gasteiger partial charge in [-0.25, -0.2) is 4.79 Å². The quantitative estimate of drug-likeness (QED) is 0.353. The highest BCUT2D eigenvalue weighted by molar-refractivity contribution is 5.86. The summed E-state index contributed by atoms with van der Waals surface area (Å²) in [4.78, 5) is 26.4. The van der Waals surface area contributed by atoms with Crippen LogP contribution in [0, 0.1) is 5.92 Å². The third kappa shape index (κ3) is 5.06. The molecule has 34 heavy (non-hydrogen) atoms. The number of ether oxygens (including phenoxy) is 1. The molecule has 0 saturated heterocycles. The minimum absolute atomic E-state index is 0.115. The van der Waals surface area contributed by atoms with E-state index in [2.05, 4.69) is 41.7 Å². The summed E-state index contributed by atoms with van der Waals surface area (Å²) in [5.41, 5.74) is 2.42. The standard InChI is InChI=1S/C30H33NO3/c1-34-29(33)28(23-14-6-2-7-15-23)31-27(32)22-30(24-16-8-3-9-17-24,25-18-10-4-11-19-25)26-20-12-5-13-21-26/h3-5,8-13,16-21,23,28H,2,6-7,14-15,22H2,1H3,(H,31,32)/t28-/m0/s1. The number of carbonyl (C=O) groups excluding carboxylic acids is 2. The van der Waals surface area contributed by atoms with Crippen LogP contribution >= 0.6 is 0 Å². The zero-order valence-electron chi connectivity index (χ0n) is 19.8. The second-order valence-electron chi connectivity index (χ2n) is 9.15. The van der Waals surface area contributed by atoms with E-state index >= 15 is 0 Å². The number of rotatable bonds is 8. The lowest BCUT2D eigenvalue weighted by atomic mass is 9.67. The van der Waals surface area contributed by atoms with Gasteiger partial charge in [0.05, 0.1) is 12.5 Å². The summed E-state index contributed by atoms with van der Waals surface area (Å²) in [7, 11) is 1.40. The van der Waals surface area contributed by atoms with Gasteiger partial charge in [-0.05, 0) is 35.4 Å². The zero-order valence-corrected chi connectivity index (χ0v) is 19.8. The number of carbonyl (C=O) groups is 2. The summed E-state index contributed by atoms with van der Waals surface area (Å²) in [6.07, 6.45) is 5.39. The number of methoxy groups -OCH3 is 1. The van der Waals surface area contributed by atoms with E-state index in [0.717, 1.165) is 42.4 Å². The van der Waals surface area contributed by atoms with Crippen LogP contribution in [0.4, 0.5) is 0 Å². The van der Waals surface area contributed by atoms with Crippen molar-refractivity contribution in [2.75, 3.05) is 7.11 Å². The molecule has 4 rings (SSSR count). The smallest absolute Gasteiger partial charge is 0.328 e. The lowest BCUT2D eigenvalue weighted by Gasteiger charge is -2.36. The second-order valence-corrected chi connectivity index (χ2v) is 9.15. The molecular weight excluding hydrogens is 422 g/mol. The third-order valence-electron chi connectivity index (χ3n) is 7.12. The van der Waals surface area contributed by atoms with Crippen molar-refractivity contribution >= 4 is 11.9 Å². The SMILES string of the molecule is COC(=O)[C@@H](NC(=O)CC(c1ccccc1)(c1ccccc1)c1ccccc1)C1CCCCC1. The number of amides is 1. The molecule has 0 unspecified atom stereocenters. The van der Waals surface area contributed by atoms with Gasteiger partial charge in [0.15, 0.2) is 0 Å². The van der Waals surface area contributed by atoms with E-state index in [9.17, 15) is 9.59 Å². The minimum atomic E-state index is -0.693. The molecule has 0 spiro atoms. The largest absolute Gasteiger partial charge is 0.467 e. The van der Waals surface area contributed by atoms with Crippen LogP contribution < -0.4 is 5.32 Å². The average Bonchev–Trinajstić information content (AvgIpc) is 2.92. The van der Waals surface area contributed by atoms with Crippen molar-refractivity contribution in [3.05, 3.63) is 108 Å². The molecule has 1 atom stereocenters. The van der Waals surface area contributed by atoms with Crippen LogP contribution in [0.2, 0.25) is 0 Å². The topological polar surface area (TPSA) is 55.4 Å². The molecule has 1 aliphatic carbocycles. The third-order valence-corrected chi connectivity index (χ3v) is 7.12. The summed E-state index contributed by atoms with van der Waals surface area (Å²) >= 11 is 0. The molecule has 4 heteroatoms. The first-order valence-electron chi connectivity index (χ1n) is 12.2. The van der Waals surface area contributed by atoms with Gasteiger partial charge in [0.2, 0.25) is 5.91 Å². The van der Waals surface area contributed by atoms with Crippen LogP contribution in [0.15, 0.2) is 91.0 Å². The molecule has 0 aromatic heterocycles. The maximum absolute atomic E-state index is 13.7. The van der Waals surface area contributed by atoms with Crippen molar-refractivity contribution in [1.82, 2.24) is 5.32 Å². The summed E-state index contributed by atoms with van der Waals surface area (Å²) in [6, 6.07) is 29.8. The Hall–Kier alpha value is -3.40. The summed E-state index contributed by atoms with van der Waals surface area (Å²) in [5, 5.41) is 3.09. The lowest BCUT2D eigenvalue weighted by molar-refractivity contribution is -0.147. The number of hydrogen-bond acceptors (Lipinski definition) is 3. The lowest BCUT2D eigenvalue weighted by Crippen LogP contribution is -2.49. The predicted octanol–water partition coefficient (Wildman–Crippen LogP) is 5.65. The molecule has 0 heterocycles. The van der Waals surface area contributed by atoms with Gasteiger partial charge in [-0.15, -0.1) is 0 Å². The highest BCUT2D eigenvalue weighted by Gasteiger charge is 2.40. The van der Waals surface area contributed by atoms with Gasteiger partial charge >= 0.3 is 5.97 Å². The molecule has 1 aliphatic rings. The number of benzene rings is 3. The second kappa shape index (κ2) is 11.1. The van der Waals surface area contributed by atoms with E-state index in [-0.39, 0.29) is 24.2 Å². The van der Waals surface area contributed by atoms with Crippen molar-refractivity contribution in [3.8, 4) is 0 Å². The fraction of sp³-hybridized carbons (Fsp3) is 0.333. The Bertz CT molecular complexity index is 963. The molecule has 4 nitrogen and oxygen atoms in total. The highest BCUT2D eigenvalue weighted by atomic mass is 16.5. The molecule has 0 bridgehead atoms. The van der Waals surface area contributed by atoms with Gasteiger partial charge < -0.3 is 10.1 Å². The number of esters is 1. The molecule has 3 aromatic carbocycles. The van der Waals surface area contributed by atoms with Crippen LogP contribution in [0.3, 0.4) is 0 Å². The average molecular weight is 456 g/mol. The Balaban J connectivity index is 1.75. The Kier molecular flexibility index (Phi) is 7.79. The van der Waals surface area contributed by atoms with Crippen molar-refractivity contribution in [2.24, 2.45) is 5.92 Å². The minimum Gasteiger partial charge on any atom is -0.467 e. The highest BCUT2D eigenvalue weighted by Crippen LogP contribution is 2.42. The number of nitrogens with one attached hydrogen (secondary N) is 1. The predicted molar refractivity (Wildman–Crippen MR) is 134 cm³/mol.